The number of hydrogen-bond acceptors (Lipinski definition) is 5. The molecule has 1 unspecified atom stereocenters. The first-order valence-electron chi connectivity index (χ1n) is 11.6. The third-order valence-corrected chi connectivity index (χ3v) is 7.09. The molecule has 1 aliphatic heterocycles. The van der Waals surface area contributed by atoms with Crippen LogP contribution in [0.25, 0.3) is 5.76 Å². The average molecular weight is 476 g/mol. The topological polar surface area (TPSA) is 66.8 Å². The molecule has 0 saturated carbocycles. The van der Waals surface area contributed by atoms with Gasteiger partial charge in [-0.3, -0.25) is 14.5 Å². The second-order valence-corrected chi connectivity index (χ2v) is 9.50. The Labute approximate surface area is 204 Å². The van der Waals surface area contributed by atoms with Gasteiger partial charge in [-0.2, -0.15) is 0 Å². The minimum absolute atomic E-state index is 0.105. The fourth-order valence-electron chi connectivity index (χ4n) is 4.20. The molecule has 0 spiro atoms. The largest absolute Gasteiger partial charge is 0.507 e. The van der Waals surface area contributed by atoms with Gasteiger partial charge in [0, 0.05) is 16.1 Å². The molecule has 6 heteroatoms. The van der Waals surface area contributed by atoms with Crippen LogP contribution in [0, 0.1) is 13.8 Å². The first-order chi connectivity index (χ1) is 16.4. The van der Waals surface area contributed by atoms with Gasteiger partial charge in [0.2, 0.25) is 0 Å². The van der Waals surface area contributed by atoms with Gasteiger partial charge in [-0.05, 0) is 79.2 Å². The van der Waals surface area contributed by atoms with Gasteiger partial charge in [-0.25, -0.2) is 0 Å². The molecule has 0 radical (unpaired) electrons. The Bertz CT molecular complexity index is 1230. The summed E-state index contributed by atoms with van der Waals surface area (Å²) in [5.74, 6) is -0.792. The summed E-state index contributed by atoms with van der Waals surface area (Å²) in [4.78, 5) is 28.8. The highest BCUT2D eigenvalue weighted by Gasteiger charge is 2.47. The summed E-state index contributed by atoms with van der Waals surface area (Å²) in [7, 11) is 0. The summed E-state index contributed by atoms with van der Waals surface area (Å²) >= 11 is 1.47. The molecule has 1 amide bonds. The minimum Gasteiger partial charge on any atom is -0.507 e. The monoisotopic (exact) mass is 475 g/mol. The average Bonchev–Trinajstić information content (AvgIpc) is 3.37. The van der Waals surface area contributed by atoms with Crippen molar-refractivity contribution in [2.75, 3.05) is 11.5 Å². The zero-order chi connectivity index (χ0) is 24.2. The Morgan fingerprint density at radius 2 is 1.82 bits per heavy atom. The van der Waals surface area contributed by atoms with Crippen LogP contribution in [0.2, 0.25) is 0 Å². The van der Waals surface area contributed by atoms with Gasteiger partial charge in [0.25, 0.3) is 11.7 Å². The van der Waals surface area contributed by atoms with Gasteiger partial charge in [0.1, 0.15) is 17.6 Å². The summed E-state index contributed by atoms with van der Waals surface area (Å²) in [5, 5.41) is 13.2. The van der Waals surface area contributed by atoms with E-state index >= 15 is 0 Å². The molecule has 1 aromatic heterocycles. The number of ether oxygens (including phenoxy) is 1. The first-order valence-corrected chi connectivity index (χ1v) is 12.4. The second kappa shape index (κ2) is 10.3. The molecule has 176 valence electrons. The van der Waals surface area contributed by atoms with Crippen molar-refractivity contribution in [3.8, 4) is 5.75 Å². The van der Waals surface area contributed by atoms with Crippen molar-refractivity contribution in [3.63, 3.8) is 0 Å². The highest BCUT2D eigenvalue weighted by Crippen LogP contribution is 2.45. The molecular formula is C28H29NO4S. The van der Waals surface area contributed by atoms with E-state index in [-0.39, 0.29) is 11.3 Å². The summed E-state index contributed by atoms with van der Waals surface area (Å²) < 4.78 is 5.76. The van der Waals surface area contributed by atoms with E-state index in [1.54, 1.807) is 24.3 Å². The number of carbonyl (C=O) groups is 2. The lowest BCUT2D eigenvalue weighted by molar-refractivity contribution is -0.132. The van der Waals surface area contributed by atoms with Crippen LogP contribution in [0.4, 0.5) is 5.69 Å². The van der Waals surface area contributed by atoms with E-state index in [0.717, 1.165) is 35.3 Å². The SMILES string of the molecule is CCCCCOc1ccc(/C(O)=C2/C(=O)C(=O)N(c3cccc(C)c3)C2c2sccc2C)cc1. The van der Waals surface area contributed by atoms with E-state index in [4.69, 9.17) is 4.74 Å². The van der Waals surface area contributed by atoms with Crippen LogP contribution in [0.5, 0.6) is 5.75 Å². The summed E-state index contributed by atoms with van der Waals surface area (Å²) in [5.41, 5.74) is 3.16. The maximum Gasteiger partial charge on any atom is 0.300 e. The van der Waals surface area contributed by atoms with Gasteiger partial charge in [0.15, 0.2) is 0 Å². The first kappa shape index (κ1) is 23.8. The number of unbranched alkanes of at least 4 members (excludes halogenated alkanes) is 2. The molecule has 5 nitrogen and oxygen atoms in total. The number of aliphatic hydroxyl groups excluding tert-OH is 1. The Hall–Kier alpha value is -3.38. The minimum atomic E-state index is -0.688. The Morgan fingerprint density at radius 1 is 1.06 bits per heavy atom. The fourth-order valence-corrected chi connectivity index (χ4v) is 5.22. The van der Waals surface area contributed by atoms with Crippen LogP contribution in [0.1, 0.15) is 53.8 Å². The number of aliphatic hydroxyl groups is 1. The molecule has 34 heavy (non-hydrogen) atoms. The van der Waals surface area contributed by atoms with Gasteiger partial charge in [0.05, 0.1) is 12.2 Å². The van der Waals surface area contributed by atoms with Crippen LogP contribution in [-0.4, -0.2) is 23.4 Å². The van der Waals surface area contributed by atoms with Crippen LogP contribution < -0.4 is 9.64 Å². The summed E-state index contributed by atoms with van der Waals surface area (Å²) in [6, 6.07) is 15.8. The van der Waals surface area contributed by atoms with Crippen molar-refractivity contribution >= 4 is 34.5 Å². The number of thiophene rings is 1. The van der Waals surface area contributed by atoms with Crippen molar-refractivity contribution < 1.29 is 19.4 Å². The third-order valence-electron chi connectivity index (χ3n) is 6.02. The Morgan fingerprint density at radius 3 is 2.47 bits per heavy atom. The van der Waals surface area contributed by atoms with Crippen molar-refractivity contribution in [2.24, 2.45) is 0 Å². The second-order valence-electron chi connectivity index (χ2n) is 8.56. The highest BCUT2D eigenvalue weighted by atomic mass is 32.1. The third kappa shape index (κ3) is 4.64. The predicted molar refractivity (Wildman–Crippen MR) is 136 cm³/mol. The van der Waals surface area contributed by atoms with E-state index < -0.39 is 17.7 Å². The molecule has 0 bridgehead atoms. The maximum atomic E-state index is 13.2. The number of nitrogens with zero attached hydrogens (tertiary/aromatic N) is 1. The molecule has 1 saturated heterocycles. The van der Waals surface area contributed by atoms with Crippen molar-refractivity contribution in [2.45, 2.75) is 46.1 Å². The lowest BCUT2D eigenvalue weighted by Gasteiger charge is -2.25. The molecule has 0 aliphatic carbocycles. The molecular weight excluding hydrogens is 446 g/mol. The molecule has 1 atom stereocenters. The zero-order valence-electron chi connectivity index (χ0n) is 19.7. The van der Waals surface area contributed by atoms with Crippen LogP contribution in [0.15, 0.2) is 65.6 Å². The summed E-state index contributed by atoms with van der Waals surface area (Å²) in [6.45, 7) is 6.67. The smallest absolute Gasteiger partial charge is 0.300 e. The van der Waals surface area contributed by atoms with Crippen molar-refractivity contribution in [3.05, 3.63) is 87.1 Å². The van der Waals surface area contributed by atoms with Crippen molar-refractivity contribution in [1.82, 2.24) is 0 Å². The normalized spacial score (nSPS) is 17.4. The van der Waals surface area contributed by atoms with Gasteiger partial charge in [-0.15, -0.1) is 11.3 Å². The number of rotatable bonds is 8. The molecule has 1 aliphatic rings. The molecule has 3 aromatic rings. The van der Waals surface area contributed by atoms with Crippen LogP contribution in [0.3, 0.4) is 0 Å². The Balaban J connectivity index is 1.75. The number of carbonyl (C=O) groups excluding carboxylic acids is 2. The van der Waals surface area contributed by atoms with E-state index in [1.165, 1.54) is 16.2 Å². The van der Waals surface area contributed by atoms with Crippen molar-refractivity contribution in [1.29, 1.82) is 0 Å². The summed E-state index contributed by atoms with van der Waals surface area (Å²) in [6.07, 6.45) is 3.23. The number of amides is 1. The van der Waals surface area contributed by atoms with E-state index in [0.29, 0.717) is 23.6 Å². The van der Waals surface area contributed by atoms with Gasteiger partial charge in [-0.1, -0.05) is 31.9 Å². The Kier molecular flexibility index (Phi) is 7.17. The quantitative estimate of drug-likeness (QED) is 0.173. The molecule has 1 fully saturated rings. The van der Waals surface area contributed by atoms with E-state index in [2.05, 4.69) is 6.92 Å². The zero-order valence-corrected chi connectivity index (χ0v) is 20.5. The van der Waals surface area contributed by atoms with Crippen LogP contribution >= 0.6 is 11.3 Å². The molecule has 1 N–H and O–H groups in total. The number of aryl methyl sites for hydroxylation is 2. The fraction of sp³-hybridized carbons (Fsp3) is 0.286. The molecule has 2 aromatic carbocycles. The lowest BCUT2D eigenvalue weighted by atomic mass is 9.98. The number of anilines is 1. The lowest BCUT2D eigenvalue weighted by Crippen LogP contribution is -2.29. The van der Waals surface area contributed by atoms with Crippen LogP contribution in [-0.2, 0) is 9.59 Å². The number of benzene rings is 2. The highest BCUT2D eigenvalue weighted by molar-refractivity contribution is 7.10. The van der Waals surface area contributed by atoms with Gasteiger partial charge >= 0.3 is 0 Å². The molecule has 4 rings (SSSR count). The number of hydrogen-bond donors (Lipinski definition) is 1. The molecule has 2 heterocycles. The number of ketones is 1. The van der Waals surface area contributed by atoms with E-state index in [1.807, 2.05) is 49.6 Å². The van der Waals surface area contributed by atoms with E-state index in [9.17, 15) is 14.7 Å². The maximum absolute atomic E-state index is 13.2. The van der Waals surface area contributed by atoms with Gasteiger partial charge < -0.3 is 9.84 Å². The predicted octanol–water partition coefficient (Wildman–Crippen LogP) is 6.56. The standard InChI is InChI=1S/C28H29NO4S/c1-4-5-6-15-33-22-12-10-20(11-13-22)25(30)23-24(27-19(3)14-16-34-27)29(28(32)26(23)31)21-9-7-8-18(2)17-21/h7-14,16-17,24,30H,4-6,15H2,1-3H3/b25-23-. The number of Topliss-reactive ketones (excluding diaryl/α,β-unsaturated/α-hetero) is 1.